The molecule has 0 unspecified atom stereocenters. The second-order valence-corrected chi connectivity index (χ2v) is 1.86. The van der Waals surface area contributed by atoms with Crippen molar-refractivity contribution in [1.82, 2.24) is 0 Å². The first-order chi connectivity index (χ1) is 4.93. The lowest BCUT2D eigenvalue weighted by Gasteiger charge is -1.86. The standard InChI is InChI=1S/C9H7N/c1-10-8-7-9-5-3-2-4-6-9/h2-8H/b8-7+. The first-order valence-corrected chi connectivity index (χ1v) is 3.01. The summed E-state index contributed by atoms with van der Waals surface area (Å²) in [6.07, 6.45) is 3.24. The normalized spacial score (nSPS) is 9.50. The number of rotatable bonds is 1. The molecule has 0 heterocycles. The molecule has 0 saturated carbocycles. The minimum atomic E-state index is 1.07. The maximum Gasteiger partial charge on any atom is 0.154 e. The molecule has 10 heavy (non-hydrogen) atoms. The predicted molar refractivity (Wildman–Crippen MR) is 42.1 cm³/mol. The lowest BCUT2D eigenvalue weighted by atomic mass is 10.2. The molecule has 0 aromatic heterocycles. The average molecular weight is 129 g/mol. The summed E-state index contributed by atoms with van der Waals surface area (Å²) in [6, 6.07) is 9.77. The van der Waals surface area contributed by atoms with Gasteiger partial charge in [0.05, 0.1) is 6.57 Å². The molecule has 0 atom stereocenters. The van der Waals surface area contributed by atoms with E-state index in [0.29, 0.717) is 0 Å². The zero-order valence-corrected chi connectivity index (χ0v) is 5.49. The molecule has 0 aliphatic rings. The quantitative estimate of drug-likeness (QED) is 0.513. The molecule has 0 radical (unpaired) electrons. The van der Waals surface area contributed by atoms with Crippen LogP contribution < -0.4 is 0 Å². The molecule has 0 aliphatic carbocycles. The van der Waals surface area contributed by atoms with Gasteiger partial charge in [-0.25, -0.2) is 4.85 Å². The predicted octanol–water partition coefficient (Wildman–Crippen LogP) is 2.58. The number of hydrogen-bond acceptors (Lipinski definition) is 0. The van der Waals surface area contributed by atoms with Crippen molar-refractivity contribution in [3.05, 3.63) is 53.5 Å². The number of nitrogens with zero attached hydrogens (tertiary/aromatic N) is 1. The van der Waals surface area contributed by atoms with Gasteiger partial charge in [-0.1, -0.05) is 36.4 Å². The fourth-order valence-electron chi connectivity index (χ4n) is 0.687. The van der Waals surface area contributed by atoms with Crippen LogP contribution in [0, 0.1) is 6.57 Å². The van der Waals surface area contributed by atoms with Crippen molar-refractivity contribution < 1.29 is 0 Å². The zero-order chi connectivity index (χ0) is 7.23. The number of hydrogen-bond donors (Lipinski definition) is 0. The molecule has 1 rings (SSSR count). The summed E-state index contributed by atoms with van der Waals surface area (Å²) in [6.45, 7) is 6.49. The van der Waals surface area contributed by atoms with Crippen molar-refractivity contribution >= 4 is 6.08 Å². The van der Waals surface area contributed by atoms with E-state index in [1.807, 2.05) is 30.3 Å². The summed E-state index contributed by atoms with van der Waals surface area (Å²) >= 11 is 0. The van der Waals surface area contributed by atoms with E-state index >= 15 is 0 Å². The van der Waals surface area contributed by atoms with Gasteiger partial charge in [0.2, 0.25) is 0 Å². The maximum atomic E-state index is 6.49. The van der Waals surface area contributed by atoms with Gasteiger partial charge in [0.1, 0.15) is 0 Å². The Morgan fingerprint density at radius 2 is 1.90 bits per heavy atom. The van der Waals surface area contributed by atoms with Crippen LogP contribution in [0.4, 0.5) is 0 Å². The summed E-state index contributed by atoms with van der Waals surface area (Å²) in [5.41, 5.74) is 1.07. The van der Waals surface area contributed by atoms with Crippen LogP contribution in [0.1, 0.15) is 5.56 Å². The van der Waals surface area contributed by atoms with Crippen LogP contribution >= 0.6 is 0 Å². The van der Waals surface area contributed by atoms with E-state index in [9.17, 15) is 0 Å². The molecule has 1 nitrogen and oxygen atoms in total. The maximum absolute atomic E-state index is 6.49. The Morgan fingerprint density at radius 1 is 1.20 bits per heavy atom. The molecule has 0 fully saturated rings. The van der Waals surface area contributed by atoms with Crippen LogP contribution in [-0.2, 0) is 0 Å². The highest BCUT2D eigenvalue weighted by Crippen LogP contribution is 2.00. The Kier molecular flexibility index (Phi) is 2.28. The molecule has 0 amide bonds. The van der Waals surface area contributed by atoms with Crippen molar-refractivity contribution in [1.29, 1.82) is 0 Å². The Balaban J connectivity index is 2.79. The molecule has 1 aromatic rings. The van der Waals surface area contributed by atoms with Gasteiger partial charge in [-0.15, -0.1) is 0 Å². The summed E-state index contributed by atoms with van der Waals surface area (Å²) in [5.74, 6) is 0. The van der Waals surface area contributed by atoms with E-state index in [1.54, 1.807) is 6.08 Å². The lowest BCUT2D eigenvalue weighted by Crippen LogP contribution is -1.65. The Bertz CT molecular complexity index is 254. The third-order valence-electron chi connectivity index (χ3n) is 1.14. The molecule has 1 aromatic carbocycles. The highest BCUT2D eigenvalue weighted by molar-refractivity contribution is 5.49. The Morgan fingerprint density at radius 3 is 2.50 bits per heavy atom. The zero-order valence-electron chi connectivity index (χ0n) is 5.49. The summed E-state index contributed by atoms with van der Waals surface area (Å²) in [5, 5.41) is 0. The van der Waals surface area contributed by atoms with Crippen molar-refractivity contribution in [3.63, 3.8) is 0 Å². The van der Waals surface area contributed by atoms with Gasteiger partial charge in [-0.05, 0) is 5.56 Å². The van der Waals surface area contributed by atoms with E-state index in [0.717, 1.165) is 5.56 Å². The van der Waals surface area contributed by atoms with Gasteiger partial charge in [-0.3, -0.25) is 0 Å². The molecule has 0 bridgehead atoms. The molecule has 48 valence electrons. The minimum absolute atomic E-state index is 1.07. The third kappa shape index (κ3) is 1.75. The van der Waals surface area contributed by atoms with Gasteiger partial charge in [0.15, 0.2) is 6.20 Å². The molecule has 1 heteroatoms. The van der Waals surface area contributed by atoms with E-state index in [-0.39, 0.29) is 0 Å². The molecular weight excluding hydrogens is 122 g/mol. The van der Waals surface area contributed by atoms with Gasteiger partial charge in [0, 0.05) is 0 Å². The van der Waals surface area contributed by atoms with Crippen molar-refractivity contribution in [3.8, 4) is 0 Å². The first-order valence-electron chi connectivity index (χ1n) is 3.01. The monoisotopic (exact) mass is 129 g/mol. The van der Waals surface area contributed by atoms with E-state index < -0.39 is 0 Å². The van der Waals surface area contributed by atoms with Crippen LogP contribution in [0.2, 0.25) is 0 Å². The number of benzene rings is 1. The molecule has 0 N–H and O–H groups in total. The van der Waals surface area contributed by atoms with E-state index in [4.69, 9.17) is 6.57 Å². The summed E-state index contributed by atoms with van der Waals surface area (Å²) < 4.78 is 0. The minimum Gasteiger partial charge on any atom is -0.246 e. The van der Waals surface area contributed by atoms with Crippen LogP contribution in [-0.4, -0.2) is 0 Å². The van der Waals surface area contributed by atoms with Crippen molar-refractivity contribution in [2.45, 2.75) is 0 Å². The molecule has 0 aliphatic heterocycles. The Labute approximate surface area is 60.4 Å². The first kappa shape index (κ1) is 6.57. The highest BCUT2D eigenvalue weighted by atomic mass is 14.6. The van der Waals surface area contributed by atoms with Gasteiger partial charge >= 0.3 is 0 Å². The molecular formula is C9H7N. The highest BCUT2D eigenvalue weighted by Gasteiger charge is 1.78. The second-order valence-electron chi connectivity index (χ2n) is 1.86. The second kappa shape index (κ2) is 3.47. The van der Waals surface area contributed by atoms with Crippen LogP contribution in [0.3, 0.4) is 0 Å². The fraction of sp³-hybridized carbons (Fsp3) is 0. The van der Waals surface area contributed by atoms with Gasteiger partial charge < -0.3 is 0 Å². The van der Waals surface area contributed by atoms with Crippen LogP contribution in [0.25, 0.3) is 10.9 Å². The molecule has 0 spiro atoms. The average Bonchev–Trinajstić information content (AvgIpc) is 2.03. The van der Waals surface area contributed by atoms with Crippen molar-refractivity contribution in [2.75, 3.05) is 0 Å². The van der Waals surface area contributed by atoms with Gasteiger partial charge in [0.25, 0.3) is 0 Å². The van der Waals surface area contributed by atoms with Crippen molar-refractivity contribution in [2.24, 2.45) is 0 Å². The van der Waals surface area contributed by atoms with Gasteiger partial charge in [-0.2, -0.15) is 0 Å². The summed E-state index contributed by atoms with van der Waals surface area (Å²) in [4.78, 5) is 3.10. The van der Waals surface area contributed by atoms with Crippen LogP contribution in [0.15, 0.2) is 36.5 Å². The Hall–Kier alpha value is -1.55. The summed E-state index contributed by atoms with van der Waals surface area (Å²) in [7, 11) is 0. The molecule has 0 saturated heterocycles. The SMILES string of the molecule is [C-]#[N+]/C=C/c1ccccc1. The van der Waals surface area contributed by atoms with E-state index in [2.05, 4.69) is 4.85 Å². The smallest absolute Gasteiger partial charge is 0.154 e. The topological polar surface area (TPSA) is 4.36 Å². The van der Waals surface area contributed by atoms with E-state index in [1.165, 1.54) is 6.20 Å². The van der Waals surface area contributed by atoms with Crippen LogP contribution in [0.5, 0.6) is 0 Å². The third-order valence-corrected chi connectivity index (χ3v) is 1.14. The lowest BCUT2D eigenvalue weighted by molar-refractivity contribution is 1.66. The largest absolute Gasteiger partial charge is 0.246 e. The fourth-order valence-corrected chi connectivity index (χ4v) is 0.687.